The predicted octanol–water partition coefficient (Wildman–Crippen LogP) is 3.73. The van der Waals surface area contributed by atoms with Crippen molar-refractivity contribution in [2.45, 2.75) is 38.0 Å². The maximum absolute atomic E-state index is 7.81. The maximum Gasteiger partial charge on any atom is 0.0626 e. The summed E-state index contributed by atoms with van der Waals surface area (Å²) in [5.41, 5.74) is 1.27. The lowest BCUT2D eigenvalue weighted by atomic mass is 9.84. The Hall–Kier alpha value is -0.780. The normalized spacial score (nSPS) is 20.5. The van der Waals surface area contributed by atoms with Gasteiger partial charge in [-0.2, -0.15) is 0 Å². The monoisotopic (exact) mass is 161 g/mol. The molecule has 1 fully saturated rings. The molecule has 0 radical (unpaired) electrons. The molecule has 0 nitrogen and oxygen atoms in total. The summed E-state index contributed by atoms with van der Waals surface area (Å²) in [4.78, 5) is 0. The van der Waals surface area contributed by atoms with E-state index in [4.69, 9.17) is 1.37 Å². The molecule has 1 aliphatic carbocycles. The van der Waals surface area contributed by atoms with Crippen molar-refractivity contribution in [3.8, 4) is 0 Å². The first kappa shape index (κ1) is 6.71. The van der Waals surface area contributed by atoms with E-state index in [9.17, 15) is 0 Å². The van der Waals surface area contributed by atoms with Crippen molar-refractivity contribution in [3.63, 3.8) is 0 Å². The van der Waals surface area contributed by atoms with Crippen molar-refractivity contribution in [2.75, 3.05) is 0 Å². The molecule has 2 rings (SSSR count). The molecule has 0 N–H and O–H groups in total. The van der Waals surface area contributed by atoms with Gasteiger partial charge in [-0.05, 0) is 24.3 Å². The lowest BCUT2D eigenvalue weighted by Crippen LogP contribution is -2.03. The van der Waals surface area contributed by atoms with E-state index >= 15 is 0 Å². The molecule has 0 atom stereocenters. The Kier molecular flexibility index (Phi) is 2.10. The zero-order valence-electron chi connectivity index (χ0n) is 8.42. The first-order valence-corrected chi connectivity index (χ1v) is 4.93. The third-order valence-corrected chi connectivity index (χ3v) is 2.78. The maximum atomic E-state index is 7.81. The topological polar surface area (TPSA) is 0 Å². The van der Waals surface area contributed by atoms with E-state index < -0.39 is 0 Å². The van der Waals surface area contributed by atoms with Crippen LogP contribution < -0.4 is 0 Å². The number of hydrogen-bond donors (Lipinski definition) is 0. The summed E-state index contributed by atoms with van der Waals surface area (Å²) in [6.07, 6.45) is 6.65. The third-order valence-electron chi connectivity index (χ3n) is 2.78. The zero-order chi connectivity index (χ0) is 9.10. The molecule has 0 heterocycles. The molecule has 0 aliphatic heterocycles. The van der Waals surface area contributed by atoms with E-state index in [2.05, 4.69) is 12.1 Å². The van der Waals surface area contributed by atoms with Gasteiger partial charge in [-0.3, -0.25) is 0 Å². The van der Waals surface area contributed by atoms with Gasteiger partial charge in [0, 0.05) is 0 Å². The van der Waals surface area contributed by atoms with Gasteiger partial charge in [-0.25, -0.2) is 0 Å². The molecule has 0 aromatic heterocycles. The molecule has 0 bridgehead atoms. The highest BCUT2D eigenvalue weighted by Crippen LogP contribution is 2.31. The summed E-state index contributed by atoms with van der Waals surface area (Å²) in [6, 6.07) is 8.77. The van der Waals surface area contributed by atoms with Gasteiger partial charge in [-0.1, -0.05) is 49.6 Å². The number of hydrogen-bond acceptors (Lipinski definition) is 0. The van der Waals surface area contributed by atoms with Crippen LogP contribution in [0.1, 0.15) is 45.0 Å². The molecule has 0 unspecified atom stereocenters. The van der Waals surface area contributed by atoms with Crippen LogP contribution >= 0.6 is 0 Å². The largest absolute Gasteiger partial charge is 0.0626 e. The molecule has 12 heavy (non-hydrogen) atoms. The summed E-state index contributed by atoms with van der Waals surface area (Å²) >= 11 is 0. The van der Waals surface area contributed by atoms with Crippen molar-refractivity contribution in [3.05, 3.63) is 35.9 Å². The van der Waals surface area contributed by atoms with Crippen molar-refractivity contribution in [1.29, 1.82) is 0 Å². The first-order chi connectivity index (χ1) is 6.38. The van der Waals surface area contributed by atoms with Crippen LogP contribution in [0.25, 0.3) is 0 Å². The minimum absolute atomic E-state index is 0.669. The zero-order valence-corrected chi connectivity index (χ0v) is 7.42. The lowest BCUT2D eigenvalue weighted by molar-refractivity contribution is 0.443. The second kappa shape index (κ2) is 3.75. The smallest absolute Gasteiger partial charge is 0.0622 e. The average Bonchev–Trinajstić information content (AvgIpc) is 2.20. The summed E-state index contributed by atoms with van der Waals surface area (Å²) in [5.74, 6) is 0.669. The van der Waals surface area contributed by atoms with Gasteiger partial charge < -0.3 is 0 Å². The van der Waals surface area contributed by atoms with Crippen LogP contribution in [-0.2, 0) is 0 Å². The van der Waals surface area contributed by atoms with Crippen molar-refractivity contribution < 1.29 is 1.37 Å². The quantitative estimate of drug-likeness (QED) is 0.588. The van der Waals surface area contributed by atoms with Gasteiger partial charge in [0.05, 0.1) is 1.37 Å². The predicted molar refractivity (Wildman–Crippen MR) is 52.3 cm³/mol. The standard InChI is InChI=1S/C12H16/c1-3-7-11(8-4-1)12-9-5-2-6-10-12/h1,3-4,7-8,12H,2,5-6,9-10H2/i7D. The fraction of sp³-hybridized carbons (Fsp3) is 0.500. The third kappa shape index (κ3) is 1.69. The summed E-state index contributed by atoms with van der Waals surface area (Å²) in [5, 5.41) is 0. The van der Waals surface area contributed by atoms with Gasteiger partial charge in [0.2, 0.25) is 0 Å². The van der Waals surface area contributed by atoms with E-state index in [-0.39, 0.29) is 0 Å². The minimum Gasteiger partial charge on any atom is -0.0622 e. The van der Waals surface area contributed by atoms with E-state index in [1.165, 1.54) is 37.7 Å². The van der Waals surface area contributed by atoms with Gasteiger partial charge in [0.1, 0.15) is 0 Å². The molecule has 0 heteroatoms. The van der Waals surface area contributed by atoms with E-state index in [1.54, 1.807) is 0 Å². The van der Waals surface area contributed by atoms with Crippen LogP contribution in [0.15, 0.2) is 30.3 Å². The second-order valence-corrected chi connectivity index (χ2v) is 3.65. The van der Waals surface area contributed by atoms with Crippen LogP contribution in [0.3, 0.4) is 0 Å². The van der Waals surface area contributed by atoms with Crippen LogP contribution in [-0.4, -0.2) is 0 Å². The highest BCUT2D eigenvalue weighted by atomic mass is 14.2. The molecule has 64 valence electrons. The molecule has 0 amide bonds. The van der Waals surface area contributed by atoms with Crippen LogP contribution in [0.4, 0.5) is 0 Å². The van der Waals surface area contributed by atoms with E-state index in [0.717, 1.165) is 6.04 Å². The van der Waals surface area contributed by atoms with Crippen molar-refractivity contribution >= 4 is 0 Å². The van der Waals surface area contributed by atoms with Gasteiger partial charge >= 0.3 is 0 Å². The van der Waals surface area contributed by atoms with Gasteiger partial charge in [-0.15, -0.1) is 0 Å². The molecule has 0 saturated heterocycles. The summed E-state index contributed by atoms with van der Waals surface area (Å²) in [7, 11) is 0. The molecular formula is C12H16. The summed E-state index contributed by atoms with van der Waals surface area (Å²) in [6.45, 7) is 0. The summed E-state index contributed by atoms with van der Waals surface area (Å²) < 4.78 is 7.81. The molecule has 0 spiro atoms. The first-order valence-electron chi connectivity index (χ1n) is 5.43. The minimum atomic E-state index is 0.669. The highest BCUT2D eigenvalue weighted by Gasteiger charge is 2.14. The van der Waals surface area contributed by atoms with E-state index in [1.807, 2.05) is 12.1 Å². The number of benzene rings is 1. The fourth-order valence-corrected chi connectivity index (χ4v) is 2.07. The Balaban J connectivity index is 2.18. The van der Waals surface area contributed by atoms with Crippen molar-refractivity contribution in [2.24, 2.45) is 0 Å². The molecule has 1 aliphatic rings. The second-order valence-electron chi connectivity index (χ2n) is 3.65. The molecule has 1 aromatic carbocycles. The molecule has 1 saturated carbocycles. The van der Waals surface area contributed by atoms with Gasteiger partial charge in [0.15, 0.2) is 0 Å². The van der Waals surface area contributed by atoms with Crippen LogP contribution in [0.2, 0.25) is 0 Å². The lowest BCUT2D eigenvalue weighted by Gasteiger charge is -2.21. The van der Waals surface area contributed by atoms with Crippen LogP contribution in [0, 0.1) is 0 Å². The Labute approximate surface area is 76.0 Å². The van der Waals surface area contributed by atoms with E-state index in [0.29, 0.717) is 5.92 Å². The Morgan fingerprint density at radius 1 is 1.08 bits per heavy atom. The van der Waals surface area contributed by atoms with Gasteiger partial charge in [0.25, 0.3) is 0 Å². The Bertz CT molecular complexity index is 274. The fourth-order valence-electron chi connectivity index (χ4n) is 2.07. The number of rotatable bonds is 1. The molecular weight excluding hydrogens is 144 g/mol. The SMILES string of the molecule is [2H]c1ccccc1C1CCCCC1. The Morgan fingerprint density at radius 2 is 1.92 bits per heavy atom. The van der Waals surface area contributed by atoms with Crippen LogP contribution in [0.5, 0.6) is 0 Å². The molecule has 1 aromatic rings. The Morgan fingerprint density at radius 3 is 2.67 bits per heavy atom. The highest BCUT2D eigenvalue weighted by molar-refractivity contribution is 5.19. The van der Waals surface area contributed by atoms with Crippen molar-refractivity contribution in [1.82, 2.24) is 0 Å². The average molecular weight is 161 g/mol.